The van der Waals surface area contributed by atoms with Crippen LogP contribution >= 0.6 is 0 Å². The van der Waals surface area contributed by atoms with E-state index >= 15 is 0 Å². The molecule has 0 saturated heterocycles. The molecule has 3 rings (SSSR count). The second-order valence-electron chi connectivity index (χ2n) is 6.24. The van der Waals surface area contributed by atoms with Crippen molar-refractivity contribution in [3.05, 3.63) is 29.8 Å². The Hall–Kier alpha value is -1.20. The van der Waals surface area contributed by atoms with Crippen molar-refractivity contribution in [3.8, 4) is 0 Å². The first-order valence-electron chi connectivity index (χ1n) is 7.51. The first kappa shape index (κ1) is 14.7. The number of carbonyl (C=O) groups is 1. The van der Waals surface area contributed by atoms with Crippen molar-refractivity contribution in [2.45, 2.75) is 43.5 Å². The highest BCUT2D eigenvalue weighted by Gasteiger charge is 2.54. The Bertz CT molecular complexity index is 651. The number of hydrogen-bond acceptors (Lipinski definition) is 3. The van der Waals surface area contributed by atoms with Gasteiger partial charge in [0.2, 0.25) is 10.0 Å². The number of sulfonamides is 1. The quantitative estimate of drug-likeness (QED) is 0.861. The van der Waals surface area contributed by atoms with Crippen LogP contribution in [0.15, 0.2) is 29.2 Å². The number of hydrogen-bond donors (Lipinski definition) is 0. The molecule has 2 aliphatic carbocycles. The molecule has 0 spiro atoms. The van der Waals surface area contributed by atoms with Crippen molar-refractivity contribution >= 4 is 15.8 Å². The topological polar surface area (TPSA) is 54.5 Å². The van der Waals surface area contributed by atoms with E-state index in [4.69, 9.17) is 0 Å². The van der Waals surface area contributed by atoms with Gasteiger partial charge in [-0.15, -0.1) is 0 Å². The maximum Gasteiger partial charge on any atom is 0.243 e. The smallest absolute Gasteiger partial charge is 0.243 e. The first-order chi connectivity index (χ1) is 9.93. The second kappa shape index (κ2) is 5.21. The maximum absolute atomic E-state index is 12.7. The molecule has 4 nitrogen and oxygen atoms in total. The summed E-state index contributed by atoms with van der Waals surface area (Å²) in [5.41, 5.74) is 1.02. The molecule has 0 N–H and O–H groups in total. The molecule has 2 saturated carbocycles. The molecule has 2 aliphatic rings. The number of nitrogens with zero attached hydrogens (tertiary/aromatic N) is 1. The molecule has 0 aliphatic heterocycles. The van der Waals surface area contributed by atoms with E-state index in [2.05, 4.69) is 0 Å². The fraction of sp³-hybridized carbons (Fsp3) is 0.562. The Labute approximate surface area is 126 Å². The van der Waals surface area contributed by atoms with Crippen LogP contribution < -0.4 is 0 Å². The zero-order valence-electron chi connectivity index (χ0n) is 12.5. The van der Waals surface area contributed by atoms with Gasteiger partial charge in [-0.25, -0.2) is 8.42 Å². The van der Waals surface area contributed by atoms with Crippen LogP contribution in [0, 0.1) is 18.8 Å². The summed E-state index contributed by atoms with van der Waals surface area (Å²) in [5, 5.41) is 0. The lowest BCUT2D eigenvalue weighted by atomic mass is 9.61. The van der Waals surface area contributed by atoms with Crippen LogP contribution in [0.5, 0.6) is 0 Å². The van der Waals surface area contributed by atoms with Crippen molar-refractivity contribution < 1.29 is 13.2 Å². The summed E-state index contributed by atoms with van der Waals surface area (Å²) in [6.07, 6.45) is 4.09. The van der Waals surface area contributed by atoms with Gasteiger partial charge in [-0.1, -0.05) is 30.5 Å². The van der Waals surface area contributed by atoms with Crippen LogP contribution in [-0.2, 0) is 14.8 Å². The second-order valence-corrected chi connectivity index (χ2v) is 8.23. The third-order valence-corrected chi connectivity index (χ3v) is 6.82. The highest BCUT2D eigenvalue weighted by atomic mass is 32.2. The van der Waals surface area contributed by atoms with E-state index in [0.717, 1.165) is 31.2 Å². The third-order valence-electron chi connectivity index (χ3n) is 4.97. The minimum absolute atomic E-state index is 0.0967. The number of aryl methyl sites for hydroxylation is 1. The van der Waals surface area contributed by atoms with Crippen molar-refractivity contribution in [3.63, 3.8) is 0 Å². The number of carbonyl (C=O) groups excluding carboxylic acids is 1. The standard InChI is InChI=1S/C16H21NO3S/c1-11-7-9-12(10-8-11)21(19,20)17(2)15-13-5-3-4-6-14(13)16(15)18/h7-10,13-15H,3-6H2,1-2H3/t13-,14+,15-/m1/s1. The van der Waals surface area contributed by atoms with Gasteiger partial charge in [0, 0.05) is 13.0 Å². The Morgan fingerprint density at radius 2 is 1.71 bits per heavy atom. The van der Waals surface area contributed by atoms with Gasteiger partial charge in [-0.3, -0.25) is 4.79 Å². The summed E-state index contributed by atoms with van der Waals surface area (Å²) in [7, 11) is -2.04. The van der Waals surface area contributed by atoms with Crippen LogP contribution in [0.2, 0.25) is 0 Å². The van der Waals surface area contributed by atoms with E-state index in [1.54, 1.807) is 31.3 Å². The number of Topliss-reactive ketones (excluding diaryl/α,β-unsaturated/α-hetero) is 1. The van der Waals surface area contributed by atoms with Crippen molar-refractivity contribution in [2.24, 2.45) is 11.8 Å². The van der Waals surface area contributed by atoms with Crippen LogP contribution in [0.25, 0.3) is 0 Å². The average molecular weight is 307 g/mol. The van der Waals surface area contributed by atoms with Gasteiger partial charge in [-0.05, 0) is 37.8 Å². The maximum atomic E-state index is 12.7. The molecule has 0 heterocycles. The Morgan fingerprint density at radius 3 is 2.38 bits per heavy atom. The third kappa shape index (κ3) is 2.32. The molecular formula is C16H21NO3S. The normalized spacial score (nSPS) is 29.1. The molecule has 5 heteroatoms. The minimum atomic E-state index is -3.59. The number of ketones is 1. The molecule has 0 unspecified atom stereocenters. The molecule has 1 aromatic carbocycles. The highest BCUT2D eigenvalue weighted by Crippen LogP contribution is 2.45. The summed E-state index contributed by atoms with van der Waals surface area (Å²) >= 11 is 0. The van der Waals surface area contributed by atoms with Gasteiger partial charge in [0.05, 0.1) is 10.9 Å². The number of benzene rings is 1. The SMILES string of the molecule is Cc1ccc(S(=O)(=O)N(C)[C@H]2C(=O)[C@H]3CCCC[C@H]32)cc1. The Morgan fingerprint density at radius 1 is 1.10 bits per heavy atom. The largest absolute Gasteiger partial charge is 0.298 e. The zero-order chi connectivity index (χ0) is 15.2. The zero-order valence-corrected chi connectivity index (χ0v) is 13.3. The lowest BCUT2D eigenvalue weighted by Crippen LogP contribution is -2.61. The predicted molar refractivity (Wildman–Crippen MR) is 80.4 cm³/mol. The molecule has 0 radical (unpaired) electrons. The summed E-state index contributed by atoms with van der Waals surface area (Å²) in [4.78, 5) is 12.5. The Kier molecular flexibility index (Phi) is 3.66. The number of fused-ring (bicyclic) bond motifs is 1. The number of likely N-dealkylation sites (N-methyl/N-ethyl adjacent to an activating group) is 1. The van der Waals surface area contributed by atoms with E-state index < -0.39 is 16.1 Å². The fourth-order valence-electron chi connectivity index (χ4n) is 3.68. The lowest BCUT2D eigenvalue weighted by molar-refractivity contribution is -0.144. The van der Waals surface area contributed by atoms with Crippen molar-refractivity contribution in [1.29, 1.82) is 0 Å². The van der Waals surface area contributed by atoms with Crippen LogP contribution in [0.4, 0.5) is 0 Å². The fourth-order valence-corrected chi connectivity index (χ4v) is 5.05. The molecular weight excluding hydrogens is 286 g/mol. The minimum Gasteiger partial charge on any atom is -0.298 e. The summed E-state index contributed by atoms with van der Waals surface area (Å²) < 4.78 is 26.6. The van der Waals surface area contributed by atoms with E-state index in [-0.39, 0.29) is 22.5 Å². The molecule has 114 valence electrons. The summed E-state index contributed by atoms with van der Waals surface area (Å²) in [6.45, 7) is 1.92. The van der Waals surface area contributed by atoms with Crippen LogP contribution in [0.1, 0.15) is 31.2 Å². The molecule has 2 fully saturated rings. The molecule has 0 amide bonds. The molecule has 3 atom stereocenters. The van der Waals surface area contributed by atoms with Gasteiger partial charge < -0.3 is 0 Å². The summed E-state index contributed by atoms with van der Waals surface area (Å²) in [5.74, 6) is 0.425. The van der Waals surface area contributed by atoms with Gasteiger partial charge in [-0.2, -0.15) is 4.31 Å². The predicted octanol–water partition coefficient (Wildman–Crippen LogP) is 2.37. The highest BCUT2D eigenvalue weighted by molar-refractivity contribution is 7.89. The van der Waals surface area contributed by atoms with Gasteiger partial charge in [0.15, 0.2) is 5.78 Å². The molecule has 21 heavy (non-hydrogen) atoms. The monoisotopic (exact) mass is 307 g/mol. The van der Waals surface area contributed by atoms with Gasteiger partial charge in [0.25, 0.3) is 0 Å². The van der Waals surface area contributed by atoms with Gasteiger partial charge >= 0.3 is 0 Å². The molecule has 0 bridgehead atoms. The average Bonchev–Trinajstić information content (AvgIpc) is 2.47. The first-order valence-corrected chi connectivity index (χ1v) is 8.95. The molecule has 0 aromatic heterocycles. The van der Waals surface area contributed by atoms with E-state index in [0.29, 0.717) is 0 Å². The van der Waals surface area contributed by atoms with Gasteiger partial charge in [0.1, 0.15) is 0 Å². The molecule has 1 aromatic rings. The van der Waals surface area contributed by atoms with Crippen molar-refractivity contribution in [1.82, 2.24) is 4.31 Å². The number of rotatable bonds is 3. The van der Waals surface area contributed by atoms with E-state index in [1.807, 2.05) is 6.92 Å². The van der Waals surface area contributed by atoms with Crippen LogP contribution in [0.3, 0.4) is 0 Å². The van der Waals surface area contributed by atoms with Crippen LogP contribution in [-0.4, -0.2) is 31.6 Å². The van der Waals surface area contributed by atoms with E-state index in [9.17, 15) is 13.2 Å². The lowest BCUT2D eigenvalue weighted by Gasteiger charge is -2.49. The van der Waals surface area contributed by atoms with E-state index in [1.165, 1.54) is 4.31 Å². The Balaban J connectivity index is 1.86. The summed E-state index contributed by atoms with van der Waals surface area (Å²) in [6, 6.07) is 6.34. The van der Waals surface area contributed by atoms with Crippen molar-refractivity contribution in [2.75, 3.05) is 7.05 Å².